The van der Waals surface area contributed by atoms with Crippen LogP contribution in [0, 0.1) is 0 Å². The number of rotatable bonds is 8. The van der Waals surface area contributed by atoms with Crippen LogP contribution in [-0.4, -0.2) is 15.5 Å². The zero-order valence-corrected chi connectivity index (χ0v) is 22.9. The predicted molar refractivity (Wildman–Crippen MR) is 129 cm³/mol. The quantitative estimate of drug-likeness (QED) is 0.203. The number of allylic oxidation sites excluding steroid dienone is 6. The van der Waals surface area contributed by atoms with Gasteiger partial charge in [-0.05, 0) is 39.3 Å². The van der Waals surface area contributed by atoms with Gasteiger partial charge in [0.05, 0.1) is 0 Å². The summed E-state index contributed by atoms with van der Waals surface area (Å²) in [6, 6.07) is 0. The molecule has 3 heteroatoms. The largest absolute Gasteiger partial charge is 0.270 e. The van der Waals surface area contributed by atoms with Gasteiger partial charge in [-0.2, -0.15) is 0 Å². The molecule has 1 rings (SSSR count). The monoisotopic (exact) mass is 439 g/mol. The van der Waals surface area contributed by atoms with Gasteiger partial charge in [0, 0.05) is 49.3 Å². The van der Waals surface area contributed by atoms with Gasteiger partial charge in [0.15, 0.2) is 0 Å². The molecule has 0 unspecified atom stereocenters. The van der Waals surface area contributed by atoms with Crippen LogP contribution in [0.5, 0.6) is 0 Å². The minimum atomic E-state index is -1.64. The fourth-order valence-electron chi connectivity index (χ4n) is 4.39. The van der Waals surface area contributed by atoms with Crippen molar-refractivity contribution in [3.05, 3.63) is 48.7 Å². The van der Waals surface area contributed by atoms with Gasteiger partial charge < -0.3 is 0 Å². The van der Waals surface area contributed by atoms with Crippen LogP contribution in [0.4, 0.5) is 0 Å². The van der Waals surface area contributed by atoms with Crippen LogP contribution < -0.4 is 0 Å². The molecule has 0 bridgehead atoms. The first kappa shape index (κ1) is 30.1. The zero-order valence-electron chi connectivity index (χ0n) is 20.4. The second-order valence-electron chi connectivity index (χ2n) is 9.29. The second kappa shape index (κ2) is 12.6. The van der Waals surface area contributed by atoms with Crippen molar-refractivity contribution in [2.24, 2.45) is 4.74 Å². The van der Waals surface area contributed by atoms with Crippen LogP contribution in [-0.2, 0) is 21.7 Å². The number of nitrogens with zero attached hydrogens (tertiary/aromatic N) is 1. The number of hydrogen-bond acceptors (Lipinski definition) is 1. The first-order valence-electron chi connectivity index (χ1n) is 10.6. The van der Waals surface area contributed by atoms with E-state index in [0.29, 0.717) is 0 Å². The Kier molecular flexibility index (Phi) is 13.5. The maximum Gasteiger partial charge on any atom is 0.0425 e. The topological polar surface area (TPSA) is 12.4 Å². The van der Waals surface area contributed by atoms with E-state index >= 15 is 0 Å². The van der Waals surface area contributed by atoms with Gasteiger partial charge in [-0.1, -0.05) is 99.3 Å². The van der Waals surface area contributed by atoms with Crippen LogP contribution in [0.2, 0.25) is 0 Å². The Balaban J connectivity index is 0. The van der Waals surface area contributed by atoms with E-state index in [4.69, 9.17) is 4.74 Å². The molecule has 0 spiro atoms. The van der Waals surface area contributed by atoms with Crippen molar-refractivity contribution >= 4 is 7.05 Å². The minimum absolute atomic E-state index is 0. The van der Waals surface area contributed by atoms with Crippen LogP contribution in [0.25, 0.3) is 0 Å². The van der Waals surface area contributed by atoms with E-state index in [1.165, 1.54) is 25.0 Å². The zero-order chi connectivity index (χ0) is 21.4. The van der Waals surface area contributed by atoms with E-state index in [-0.39, 0.29) is 37.2 Å². The van der Waals surface area contributed by atoms with Gasteiger partial charge in [-0.3, -0.25) is 4.74 Å². The molecular formula is C25H46NPTi. The maximum absolute atomic E-state index is 5.64. The molecule has 160 valence electrons. The fourth-order valence-corrected chi connectivity index (χ4v) is 12.0. The van der Waals surface area contributed by atoms with E-state index in [1.54, 1.807) is 6.08 Å². The van der Waals surface area contributed by atoms with E-state index in [1.807, 2.05) is 19.1 Å². The predicted octanol–water partition coefficient (Wildman–Crippen LogP) is 9.34. The van der Waals surface area contributed by atoms with E-state index in [0.717, 1.165) is 6.42 Å². The van der Waals surface area contributed by atoms with Crippen molar-refractivity contribution in [1.29, 1.82) is 0 Å². The van der Waals surface area contributed by atoms with Crippen LogP contribution >= 0.6 is 7.05 Å². The second-order valence-corrected chi connectivity index (χ2v) is 14.4. The molecule has 1 aliphatic rings. The van der Waals surface area contributed by atoms with Gasteiger partial charge in [0.25, 0.3) is 0 Å². The summed E-state index contributed by atoms with van der Waals surface area (Å²) in [5, 5.41) is 0.778. The minimum Gasteiger partial charge on any atom is -0.270 e. The summed E-state index contributed by atoms with van der Waals surface area (Å²) in [5.74, 6) is 0. The molecule has 28 heavy (non-hydrogen) atoms. The summed E-state index contributed by atoms with van der Waals surface area (Å²) in [6.45, 7) is 27.3. The Morgan fingerprint density at radius 2 is 1.39 bits per heavy atom. The summed E-state index contributed by atoms with van der Waals surface area (Å²) < 4.78 is 5.64. The Labute approximate surface area is 192 Å². The fraction of sp³-hybridized carbons (Fsp3) is 0.680. The van der Waals surface area contributed by atoms with Gasteiger partial charge in [-0.15, -0.1) is 0 Å². The molecule has 0 N–H and O–H groups in total. The molecule has 0 saturated heterocycles. The summed E-state index contributed by atoms with van der Waals surface area (Å²) >= 11 is 0. The third-order valence-electron chi connectivity index (χ3n) is 6.58. The SMILES string of the molecule is C=CC=CC.CCC(C)(C)P(=NC1=CC=CC1)(C(C)(C)CC)C(C)(C)CC.[Ti]. The third kappa shape index (κ3) is 6.45. The molecule has 0 radical (unpaired) electrons. The average Bonchev–Trinajstić information content (AvgIpc) is 3.13. The molecule has 1 aliphatic carbocycles. The molecule has 0 saturated carbocycles. The molecule has 0 atom stereocenters. The van der Waals surface area contributed by atoms with Crippen molar-refractivity contribution in [3.8, 4) is 0 Å². The molecule has 0 aliphatic heterocycles. The number of hydrogen-bond donors (Lipinski definition) is 0. The Morgan fingerprint density at radius 3 is 1.61 bits per heavy atom. The standard InChI is InChI=1S/C20H38NP.C5H8.Ti/c1-10-18(4,5)22(19(6,7)11-2,20(8,9)12-3)21-17-15-13-14-16-17;1-3-5-4-2;/h13-15H,10-12,16H2,1-9H3;3-5H,1H2,2H3;. The Morgan fingerprint density at radius 1 is 0.964 bits per heavy atom. The van der Waals surface area contributed by atoms with Crippen molar-refractivity contribution < 1.29 is 21.7 Å². The maximum atomic E-state index is 5.64. The van der Waals surface area contributed by atoms with Gasteiger partial charge in [0.2, 0.25) is 0 Å². The van der Waals surface area contributed by atoms with Crippen LogP contribution in [0.3, 0.4) is 0 Å². The molecule has 0 fully saturated rings. The van der Waals surface area contributed by atoms with Gasteiger partial charge in [0.1, 0.15) is 0 Å². The van der Waals surface area contributed by atoms with Crippen molar-refractivity contribution in [3.63, 3.8) is 0 Å². The van der Waals surface area contributed by atoms with Crippen LogP contribution in [0.15, 0.2) is 53.5 Å². The van der Waals surface area contributed by atoms with Crippen LogP contribution in [0.1, 0.15) is 94.9 Å². The summed E-state index contributed by atoms with van der Waals surface area (Å²) in [6.07, 6.45) is 16.8. The van der Waals surface area contributed by atoms with E-state index in [9.17, 15) is 0 Å². The first-order valence-corrected chi connectivity index (χ1v) is 12.4. The molecule has 0 aromatic heterocycles. The smallest absolute Gasteiger partial charge is 0.0425 e. The molecule has 0 aromatic rings. The summed E-state index contributed by atoms with van der Waals surface area (Å²) in [4.78, 5) is 0. The average molecular weight is 439 g/mol. The van der Waals surface area contributed by atoms with Crippen molar-refractivity contribution in [2.75, 3.05) is 0 Å². The normalized spacial score (nSPS) is 14.9. The van der Waals surface area contributed by atoms with Crippen molar-refractivity contribution in [1.82, 2.24) is 0 Å². The summed E-state index contributed by atoms with van der Waals surface area (Å²) in [5.41, 5.74) is 1.30. The molecule has 1 nitrogen and oxygen atoms in total. The molecule has 0 heterocycles. The first-order chi connectivity index (χ1) is 12.4. The Bertz CT molecular complexity index is 571. The molecule has 0 aromatic carbocycles. The van der Waals surface area contributed by atoms with E-state index in [2.05, 4.69) is 87.1 Å². The van der Waals surface area contributed by atoms with Crippen molar-refractivity contribution in [2.45, 2.75) is 110 Å². The third-order valence-corrected chi connectivity index (χ3v) is 13.3. The Hall–Kier alpha value is -0.0957. The molecule has 0 amide bonds. The molecular weight excluding hydrogens is 393 g/mol. The van der Waals surface area contributed by atoms with Gasteiger partial charge in [-0.25, -0.2) is 0 Å². The van der Waals surface area contributed by atoms with E-state index < -0.39 is 7.05 Å². The summed E-state index contributed by atoms with van der Waals surface area (Å²) in [7, 11) is -1.64. The van der Waals surface area contributed by atoms with Gasteiger partial charge >= 0.3 is 0 Å².